The van der Waals surface area contributed by atoms with Crippen LogP contribution in [0.3, 0.4) is 0 Å². The summed E-state index contributed by atoms with van der Waals surface area (Å²) in [6.45, 7) is 5.21. The van der Waals surface area contributed by atoms with Gasteiger partial charge in [0.25, 0.3) is 0 Å². The van der Waals surface area contributed by atoms with E-state index in [1.54, 1.807) is 4.90 Å². The van der Waals surface area contributed by atoms with E-state index >= 15 is 0 Å². The maximum Gasteiger partial charge on any atom is 0.321 e. The molecule has 2 heterocycles. The molecule has 0 saturated carbocycles. The highest BCUT2D eigenvalue weighted by molar-refractivity contribution is 5.89. The van der Waals surface area contributed by atoms with Gasteiger partial charge >= 0.3 is 12.0 Å². The number of hydrogen-bond donors (Lipinski definition) is 3. The van der Waals surface area contributed by atoms with Crippen LogP contribution in [0, 0.1) is 5.92 Å². The molecule has 2 aliphatic heterocycles. The lowest BCUT2D eigenvalue weighted by Crippen LogP contribution is -2.43. The lowest BCUT2D eigenvalue weighted by molar-refractivity contribution is -0.138. The second-order valence-electron chi connectivity index (χ2n) is 6.74. The molecule has 7 nitrogen and oxygen atoms in total. The summed E-state index contributed by atoms with van der Waals surface area (Å²) in [4.78, 5) is 27.2. The number of hydrogen-bond acceptors (Lipinski definition) is 4. The van der Waals surface area contributed by atoms with Crippen molar-refractivity contribution in [3.05, 3.63) is 24.3 Å². The molecule has 0 aliphatic carbocycles. The minimum absolute atomic E-state index is 0.108. The average molecular weight is 346 g/mol. The van der Waals surface area contributed by atoms with Crippen LogP contribution in [-0.2, 0) is 4.79 Å². The number of aliphatic carboxylic acids is 1. The van der Waals surface area contributed by atoms with Crippen LogP contribution in [0.4, 0.5) is 16.2 Å². The molecule has 136 valence electrons. The fraction of sp³-hybridized carbons (Fsp3) is 0.556. The zero-order valence-corrected chi connectivity index (χ0v) is 14.4. The summed E-state index contributed by atoms with van der Waals surface area (Å²) >= 11 is 0. The second-order valence-corrected chi connectivity index (χ2v) is 6.74. The van der Waals surface area contributed by atoms with Crippen molar-refractivity contribution in [2.45, 2.75) is 19.3 Å². The van der Waals surface area contributed by atoms with Crippen molar-refractivity contribution in [1.82, 2.24) is 10.2 Å². The number of amides is 2. The number of carbonyl (C=O) groups is 2. The smallest absolute Gasteiger partial charge is 0.321 e. The highest BCUT2D eigenvalue weighted by Gasteiger charge is 2.24. The van der Waals surface area contributed by atoms with Gasteiger partial charge in [-0.25, -0.2) is 4.79 Å². The Balaban J connectivity index is 1.49. The summed E-state index contributed by atoms with van der Waals surface area (Å²) in [5.74, 6) is -0.577. The molecule has 2 aliphatic rings. The molecule has 2 saturated heterocycles. The molecule has 1 aromatic rings. The van der Waals surface area contributed by atoms with E-state index in [1.165, 1.54) is 5.69 Å². The van der Waals surface area contributed by atoms with Crippen LogP contribution in [-0.4, -0.2) is 61.3 Å². The number of anilines is 2. The quantitative estimate of drug-likeness (QED) is 0.774. The second kappa shape index (κ2) is 8.20. The summed E-state index contributed by atoms with van der Waals surface area (Å²) in [5, 5.41) is 15.1. The Labute approximate surface area is 148 Å². The van der Waals surface area contributed by atoms with E-state index in [0.717, 1.165) is 44.7 Å². The lowest BCUT2D eigenvalue weighted by Gasteiger charge is -2.31. The minimum Gasteiger partial charge on any atom is -0.481 e. The minimum atomic E-state index is -0.757. The Hall–Kier alpha value is -2.28. The van der Waals surface area contributed by atoms with Gasteiger partial charge in [-0.15, -0.1) is 0 Å². The number of likely N-dealkylation sites (tertiary alicyclic amines) is 1. The van der Waals surface area contributed by atoms with Crippen LogP contribution in [0.1, 0.15) is 19.3 Å². The van der Waals surface area contributed by atoms with Crippen molar-refractivity contribution in [3.8, 4) is 0 Å². The highest BCUT2D eigenvalue weighted by atomic mass is 16.4. The fourth-order valence-corrected chi connectivity index (χ4v) is 3.47. The predicted molar refractivity (Wildman–Crippen MR) is 97.1 cm³/mol. The molecule has 25 heavy (non-hydrogen) atoms. The zero-order chi connectivity index (χ0) is 17.6. The largest absolute Gasteiger partial charge is 0.481 e. The van der Waals surface area contributed by atoms with Crippen molar-refractivity contribution in [3.63, 3.8) is 0 Å². The third-order valence-corrected chi connectivity index (χ3v) is 4.97. The zero-order valence-electron chi connectivity index (χ0n) is 14.4. The predicted octanol–water partition coefficient (Wildman–Crippen LogP) is 1.81. The van der Waals surface area contributed by atoms with E-state index < -0.39 is 5.97 Å². The Morgan fingerprint density at radius 3 is 2.32 bits per heavy atom. The fourth-order valence-electron chi connectivity index (χ4n) is 3.47. The third kappa shape index (κ3) is 4.85. The van der Waals surface area contributed by atoms with Crippen LogP contribution in [0.5, 0.6) is 0 Å². The van der Waals surface area contributed by atoms with Crippen LogP contribution in [0.15, 0.2) is 24.3 Å². The molecule has 0 unspecified atom stereocenters. The van der Waals surface area contributed by atoms with Gasteiger partial charge in [0.1, 0.15) is 0 Å². The van der Waals surface area contributed by atoms with Gasteiger partial charge < -0.3 is 25.5 Å². The van der Waals surface area contributed by atoms with E-state index in [1.807, 2.05) is 24.3 Å². The first-order valence-corrected chi connectivity index (χ1v) is 8.95. The molecule has 7 heteroatoms. The summed E-state index contributed by atoms with van der Waals surface area (Å²) < 4.78 is 0. The normalized spacial score (nSPS) is 18.9. The van der Waals surface area contributed by atoms with E-state index in [9.17, 15) is 9.59 Å². The van der Waals surface area contributed by atoms with Crippen LogP contribution < -0.4 is 15.5 Å². The van der Waals surface area contributed by atoms with E-state index in [2.05, 4.69) is 15.5 Å². The third-order valence-electron chi connectivity index (χ3n) is 4.97. The van der Waals surface area contributed by atoms with Gasteiger partial charge in [-0.3, -0.25) is 4.79 Å². The van der Waals surface area contributed by atoms with Gasteiger partial charge in [0.05, 0.1) is 0 Å². The summed E-state index contributed by atoms with van der Waals surface area (Å²) in [6, 6.07) is 7.85. The standard InChI is InChI=1S/C18H26N4O3/c23-17(24)13-14-5-9-22(10-6-14)18(25)20-15-1-3-16(4-2-15)21-11-7-19-8-12-21/h1-4,14,19H,5-13H2,(H,20,25)(H,23,24). The molecule has 0 spiro atoms. The van der Waals surface area contributed by atoms with Gasteiger partial charge in [-0.05, 0) is 43.0 Å². The van der Waals surface area contributed by atoms with Gasteiger partial charge in [0.15, 0.2) is 0 Å². The SMILES string of the molecule is O=C(O)CC1CCN(C(=O)Nc2ccc(N3CCNCC3)cc2)CC1. The molecule has 1 aromatic carbocycles. The summed E-state index contributed by atoms with van der Waals surface area (Å²) in [5.41, 5.74) is 1.96. The molecule has 0 radical (unpaired) electrons. The monoisotopic (exact) mass is 346 g/mol. The highest BCUT2D eigenvalue weighted by Crippen LogP contribution is 2.22. The summed E-state index contributed by atoms with van der Waals surface area (Å²) in [6.07, 6.45) is 1.70. The number of piperidine rings is 1. The van der Waals surface area contributed by atoms with Gasteiger partial charge in [0, 0.05) is 57.1 Å². The first-order chi connectivity index (χ1) is 12.1. The Morgan fingerprint density at radius 2 is 1.72 bits per heavy atom. The maximum atomic E-state index is 12.4. The first kappa shape index (κ1) is 17.5. The number of carbonyl (C=O) groups excluding carboxylic acids is 1. The number of carboxylic acids is 1. The number of urea groups is 1. The number of rotatable bonds is 4. The first-order valence-electron chi connectivity index (χ1n) is 8.95. The molecule has 0 aromatic heterocycles. The van der Waals surface area contributed by atoms with Crippen molar-refractivity contribution in [1.29, 1.82) is 0 Å². The van der Waals surface area contributed by atoms with Crippen molar-refractivity contribution >= 4 is 23.4 Å². The van der Waals surface area contributed by atoms with E-state index in [4.69, 9.17) is 5.11 Å². The molecule has 2 amide bonds. The molecular weight excluding hydrogens is 320 g/mol. The Morgan fingerprint density at radius 1 is 1.08 bits per heavy atom. The van der Waals surface area contributed by atoms with Gasteiger partial charge in [0.2, 0.25) is 0 Å². The maximum absolute atomic E-state index is 12.4. The molecule has 0 atom stereocenters. The molecule has 0 bridgehead atoms. The average Bonchev–Trinajstić information content (AvgIpc) is 2.63. The molecule has 3 N–H and O–H groups in total. The lowest BCUT2D eigenvalue weighted by atomic mass is 9.94. The van der Waals surface area contributed by atoms with Crippen LogP contribution in [0.25, 0.3) is 0 Å². The Kier molecular flexibility index (Phi) is 5.75. The van der Waals surface area contributed by atoms with Crippen LogP contribution >= 0.6 is 0 Å². The Bertz CT molecular complexity index is 591. The molecule has 3 rings (SSSR count). The van der Waals surface area contributed by atoms with Gasteiger partial charge in [-0.2, -0.15) is 0 Å². The topological polar surface area (TPSA) is 84.9 Å². The summed E-state index contributed by atoms with van der Waals surface area (Å²) in [7, 11) is 0. The molecule has 2 fully saturated rings. The molecular formula is C18H26N4O3. The van der Waals surface area contributed by atoms with Crippen molar-refractivity contribution in [2.75, 3.05) is 49.5 Å². The van der Waals surface area contributed by atoms with E-state index in [-0.39, 0.29) is 18.4 Å². The number of nitrogens with one attached hydrogen (secondary N) is 2. The number of piperazine rings is 1. The van der Waals surface area contributed by atoms with E-state index in [0.29, 0.717) is 13.1 Å². The van der Waals surface area contributed by atoms with Crippen molar-refractivity contribution in [2.24, 2.45) is 5.92 Å². The number of benzene rings is 1. The van der Waals surface area contributed by atoms with Gasteiger partial charge in [-0.1, -0.05) is 0 Å². The van der Waals surface area contributed by atoms with Crippen molar-refractivity contribution < 1.29 is 14.7 Å². The van der Waals surface area contributed by atoms with Crippen LogP contribution in [0.2, 0.25) is 0 Å². The number of nitrogens with zero attached hydrogens (tertiary/aromatic N) is 2. The number of carboxylic acid groups (broad SMARTS) is 1.